The van der Waals surface area contributed by atoms with E-state index < -0.39 is 5.91 Å². The Morgan fingerprint density at radius 2 is 2.07 bits per heavy atom. The first-order valence-corrected chi connectivity index (χ1v) is 11.0. The topological polar surface area (TPSA) is 86.4 Å². The molecule has 1 amide bonds. The molecular formula is C21H16N4O2S2. The molecule has 0 aliphatic heterocycles. The molecule has 6 nitrogen and oxygen atoms in total. The SMILES string of the molecule is CSc1nn2cc(-c3oc4cc(C(N)=O)ccc4c3Cc3ccccc3)nc2s1. The van der Waals surface area contributed by atoms with Crippen LogP contribution in [-0.2, 0) is 6.42 Å². The average Bonchev–Trinajstić information content (AvgIpc) is 3.39. The van der Waals surface area contributed by atoms with Crippen LogP contribution in [0.5, 0.6) is 0 Å². The lowest BCUT2D eigenvalue weighted by molar-refractivity contribution is 0.100. The fraction of sp³-hybridized carbons (Fsp3) is 0.0952. The van der Waals surface area contributed by atoms with Crippen LogP contribution in [0.2, 0.25) is 0 Å². The third kappa shape index (κ3) is 3.20. The summed E-state index contributed by atoms with van der Waals surface area (Å²) in [5.41, 5.74) is 9.40. The normalized spacial score (nSPS) is 11.5. The van der Waals surface area contributed by atoms with Crippen LogP contribution in [0.4, 0.5) is 0 Å². The lowest BCUT2D eigenvalue weighted by Crippen LogP contribution is -2.10. The molecule has 0 radical (unpaired) electrons. The lowest BCUT2D eigenvalue weighted by atomic mass is 10.00. The first-order valence-electron chi connectivity index (χ1n) is 8.92. The van der Waals surface area contributed by atoms with Gasteiger partial charge in [0.2, 0.25) is 10.9 Å². The minimum Gasteiger partial charge on any atom is -0.454 e. The predicted octanol–water partition coefficient (Wildman–Crippen LogP) is 4.62. The molecule has 3 heterocycles. The van der Waals surface area contributed by atoms with Crippen LogP contribution in [0.15, 0.2) is 63.5 Å². The third-order valence-corrected chi connectivity index (χ3v) is 6.63. The van der Waals surface area contributed by atoms with Crippen molar-refractivity contribution in [2.45, 2.75) is 10.8 Å². The molecule has 0 atom stereocenters. The van der Waals surface area contributed by atoms with E-state index in [1.807, 2.05) is 36.7 Å². The number of aromatic nitrogens is 3. The molecule has 0 saturated carbocycles. The van der Waals surface area contributed by atoms with Crippen LogP contribution in [0, 0.1) is 0 Å². The second-order valence-electron chi connectivity index (χ2n) is 6.57. The quantitative estimate of drug-likeness (QED) is 0.420. The van der Waals surface area contributed by atoms with Crippen molar-refractivity contribution < 1.29 is 9.21 Å². The molecule has 29 heavy (non-hydrogen) atoms. The van der Waals surface area contributed by atoms with Crippen molar-refractivity contribution in [3.8, 4) is 11.5 Å². The van der Waals surface area contributed by atoms with E-state index in [4.69, 9.17) is 15.1 Å². The van der Waals surface area contributed by atoms with E-state index >= 15 is 0 Å². The minimum atomic E-state index is -0.481. The fourth-order valence-corrected chi connectivity index (χ4v) is 4.70. The Hall–Kier alpha value is -3.10. The van der Waals surface area contributed by atoms with Gasteiger partial charge in [-0.25, -0.2) is 9.50 Å². The van der Waals surface area contributed by atoms with Gasteiger partial charge in [-0.05, 0) is 24.0 Å². The number of imidazole rings is 1. The average molecular weight is 421 g/mol. The molecule has 2 aromatic carbocycles. The van der Waals surface area contributed by atoms with Gasteiger partial charge in [0, 0.05) is 22.9 Å². The molecule has 0 saturated heterocycles. The number of primary amides is 1. The van der Waals surface area contributed by atoms with E-state index in [1.54, 1.807) is 28.4 Å². The number of rotatable bonds is 5. The number of amides is 1. The zero-order valence-electron chi connectivity index (χ0n) is 15.5. The summed E-state index contributed by atoms with van der Waals surface area (Å²) in [6.07, 6.45) is 4.56. The zero-order valence-corrected chi connectivity index (χ0v) is 17.1. The van der Waals surface area contributed by atoms with Crippen LogP contribution in [0.1, 0.15) is 21.5 Å². The van der Waals surface area contributed by atoms with Crippen LogP contribution in [-0.4, -0.2) is 26.8 Å². The number of nitrogens with zero attached hydrogens (tertiary/aromatic N) is 3. The summed E-state index contributed by atoms with van der Waals surface area (Å²) in [5.74, 6) is 0.208. The van der Waals surface area contributed by atoms with E-state index in [-0.39, 0.29) is 0 Å². The maximum absolute atomic E-state index is 11.6. The van der Waals surface area contributed by atoms with Gasteiger partial charge in [0.05, 0.1) is 6.20 Å². The maximum Gasteiger partial charge on any atom is 0.248 e. The van der Waals surface area contributed by atoms with Crippen LogP contribution in [0.3, 0.4) is 0 Å². The molecular weight excluding hydrogens is 404 g/mol. The number of thioether (sulfide) groups is 1. The van der Waals surface area contributed by atoms with Gasteiger partial charge in [0.25, 0.3) is 0 Å². The van der Waals surface area contributed by atoms with E-state index in [2.05, 4.69) is 17.2 Å². The molecule has 0 unspecified atom stereocenters. The Morgan fingerprint density at radius 1 is 1.24 bits per heavy atom. The van der Waals surface area contributed by atoms with E-state index in [1.165, 1.54) is 16.9 Å². The van der Waals surface area contributed by atoms with Crippen molar-refractivity contribution in [1.82, 2.24) is 14.6 Å². The molecule has 0 spiro atoms. The van der Waals surface area contributed by atoms with Crippen molar-refractivity contribution in [3.63, 3.8) is 0 Å². The van der Waals surface area contributed by atoms with Crippen molar-refractivity contribution >= 4 is 44.9 Å². The molecule has 0 aliphatic rings. The first kappa shape index (κ1) is 18.0. The molecule has 3 aromatic heterocycles. The van der Waals surface area contributed by atoms with Crippen LogP contribution in [0.25, 0.3) is 27.4 Å². The van der Waals surface area contributed by atoms with Gasteiger partial charge in [-0.1, -0.05) is 59.5 Å². The highest BCUT2D eigenvalue weighted by molar-refractivity contribution is 8.00. The minimum absolute atomic E-state index is 0.418. The highest BCUT2D eigenvalue weighted by Crippen LogP contribution is 2.36. The molecule has 5 aromatic rings. The summed E-state index contributed by atoms with van der Waals surface area (Å²) >= 11 is 3.13. The Balaban J connectivity index is 1.69. The Bertz CT molecular complexity index is 1320. The van der Waals surface area contributed by atoms with Gasteiger partial charge < -0.3 is 10.2 Å². The number of benzene rings is 2. The Kier molecular flexibility index (Phi) is 4.37. The van der Waals surface area contributed by atoms with Crippen molar-refractivity contribution in [1.29, 1.82) is 0 Å². The molecule has 0 aliphatic carbocycles. The maximum atomic E-state index is 11.6. The second-order valence-corrected chi connectivity index (χ2v) is 8.58. The lowest BCUT2D eigenvalue weighted by Gasteiger charge is -2.02. The summed E-state index contributed by atoms with van der Waals surface area (Å²) in [5, 5.41) is 5.46. The van der Waals surface area contributed by atoms with Gasteiger partial charge in [0.1, 0.15) is 11.3 Å². The smallest absolute Gasteiger partial charge is 0.248 e. The van der Waals surface area contributed by atoms with Crippen molar-refractivity contribution in [2.24, 2.45) is 5.73 Å². The largest absolute Gasteiger partial charge is 0.454 e. The molecule has 0 bridgehead atoms. The molecule has 0 fully saturated rings. The highest BCUT2D eigenvalue weighted by Gasteiger charge is 2.21. The molecule has 8 heteroatoms. The van der Waals surface area contributed by atoms with E-state index in [9.17, 15) is 4.79 Å². The summed E-state index contributed by atoms with van der Waals surface area (Å²) in [7, 11) is 0. The highest BCUT2D eigenvalue weighted by atomic mass is 32.2. The van der Waals surface area contributed by atoms with Gasteiger partial charge in [-0.3, -0.25) is 4.79 Å². The number of carbonyl (C=O) groups is 1. The second kappa shape index (κ2) is 7.06. The van der Waals surface area contributed by atoms with Gasteiger partial charge in [0.15, 0.2) is 10.1 Å². The standard InChI is InChI=1S/C21H16N4O2S2/c1-28-21-24-25-11-16(23-20(25)29-21)18-15(9-12-5-3-2-4-6-12)14-8-7-13(19(22)26)10-17(14)27-18/h2-8,10-11H,9H2,1H3,(H2,22,26). The van der Waals surface area contributed by atoms with Crippen LogP contribution < -0.4 is 5.73 Å². The van der Waals surface area contributed by atoms with Gasteiger partial charge in [-0.2, -0.15) is 0 Å². The molecule has 2 N–H and O–H groups in total. The number of nitrogens with two attached hydrogens (primary N) is 1. The predicted molar refractivity (Wildman–Crippen MR) is 116 cm³/mol. The molecule has 5 rings (SSSR count). The van der Waals surface area contributed by atoms with Gasteiger partial charge >= 0.3 is 0 Å². The van der Waals surface area contributed by atoms with Crippen molar-refractivity contribution in [3.05, 3.63) is 71.4 Å². The zero-order chi connectivity index (χ0) is 20.0. The number of furan rings is 1. The number of carbonyl (C=O) groups excluding carboxylic acids is 1. The Morgan fingerprint density at radius 3 is 2.79 bits per heavy atom. The van der Waals surface area contributed by atoms with Crippen molar-refractivity contribution in [2.75, 3.05) is 6.26 Å². The Labute approximate surface area is 174 Å². The third-order valence-electron chi connectivity index (χ3n) is 4.73. The summed E-state index contributed by atoms with van der Waals surface area (Å²) in [6, 6.07) is 15.5. The fourth-order valence-electron chi connectivity index (χ4n) is 3.36. The number of fused-ring (bicyclic) bond motifs is 2. The summed E-state index contributed by atoms with van der Waals surface area (Å²) in [4.78, 5) is 17.1. The first-order chi connectivity index (χ1) is 14.1. The summed E-state index contributed by atoms with van der Waals surface area (Å²) in [6.45, 7) is 0. The van der Waals surface area contributed by atoms with Crippen LogP contribution >= 0.6 is 23.1 Å². The number of hydrogen-bond acceptors (Lipinski definition) is 6. The monoisotopic (exact) mass is 420 g/mol. The van der Waals surface area contributed by atoms with E-state index in [0.29, 0.717) is 23.3 Å². The van der Waals surface area contributed by atoms with E-state index in [0.717, 1.165) is 25.9 Å². The molecule has 144 valence electrons. The summed E-state index contributed by atoms with van der Waals surface area (Å²) < 4.78 is 8.93. The number of hydrogen-bond donors (Lipinski definition) is 1. The van der Waals surface area contributed by atoms with Gasteiger partial charge in [-0.15, -0.1) is 5.10 Å².